The minimum absolute atomic E-state index is 0.485. The molecule has 0 bridgehead atoms. The molecule has 0 radical (unpaired) electrons. The molecule has 0 amide bonds. The molecule has 2 aromatic rings. The lowest BCUT2D eigenvalue weighted by Gasteiger charge is -2.34. The van der Waals surface area contributed by atoms with Gasteiger partial charge in [-0.15, -0.1) is 0 Å². The fraction of sp³-hybridized carbons (Fsp3) is 0.368. The Labute approximate surface area is 138 Å². The topological polar surface area (TPSA) is 46.9 Å². The van der Waals surface area contributed by atoms with E-state index in [-0.39, 0.29) is 0 Å². The van der Waals surface area contributed by atoms with Crippen LogP contribution in [0.5, 0.6) is 0 Å². The smallest absolute Gasteiger partial charge is 0.107 e. The number of aliphatic hydroxyl groups is 2. The second-order valence-corrected chi connectivity index (χ2v) is 5.88. The molecule has 0 aliphatic heterocycles. The van der Waals surface area contributed by atoms with Gasteiger partial charge in [-0.3, -0.25) is 4.90 Å². The Kier molecular flexibility index (Phi) is 6.74. The molecule has 124 valence electrons. The first-order chi connectivity index (χ1) is 11.1. The molecule has 2 aromatic carbocycles. The van der Waals surface area contributed by atoms with E-state index in [2.05, 4.69) is 29.2 Å². The van der Waals surface area contributed by atoms with Crippen molar-refractivity contribution in [1.29, 1.82) is 0 Å². The van der Waals surface area contributed by atoms with Gasteiger partial charge in [-0.25, -0.2) is 4.90 Å². The van der Waals surface area contributed by atoms with E-state index in [0.29, 0.717) is 6.67 Å². The third kappa shape index (κ3) is 5.77. The summed E-state index contributed by atoms with van der Waals surface area (Å²) < 4.78 is 0. The summed E-state index contributed by atoms with van der Waals surface area (Å²) in [4.78, 5) is 3.87. The van der Waals surface area contributed by atoms with Gasteiger partial charge < -0.3 is 10.2 Å². The molecule has 2 unspecified atom stereocenters. The zero-order valence-corrected chi connectivity index (χ0v) is 13.8. The SMILES string of the molecule is CC(O)N(CN(Cc1ccccc1)Cc1ccccc1)C(C)O. The Bertz CT molecular complexity index is 509. The van der Waals surface area contributed by atoms with Crippen LogP contribution in [0.1, 0.15) is 25.0 Å². The molecule has 0 aromatic heterocycles. The van der Waals surface area contributed by atoms with Crippen molar-refractivity contribution < 1.29 is 10.2 Å². The summed E-state index contributed by atoms with van der Waals surface area (Å²) in [5.74, 6) is 0. The van der Waals surface area contributed by atoms with Crippen molar-refractivity contribution in [3.8, 4) is 0 Å². The van der Waals surface area contributed by atoms with E-state index in [4.69, 9.17) is 0 Å². The summed E-state index contributed by atoms with van der Waals surface area (Å²) in [6.45, 7) is 5.35. The van der Waals surface area contributed by atoms with Gasteiger partial charge in [-0.2, -0.15) is 0 Å². The van der Waals surface area contributed by atoms with Crippen LogP contribution < -0.4 is 0 Å². The van der Waals surface area contributed by atoms with Crippen LogP contribution in [0, 0.1) is 0 Å². The summed E-state index contributed by atoms with van der Waals surface area (Å²) in [7, 11) is 0. The molecule has 4 nitrogen and oxygen atoms in total. The lowest BCUT2D eigenvalue weighted by Crippen LogP contribution is -2.46. The highest BCUT2D eigenvalue weighted by molar-refractivity contribution is 5.17. The lowest BCUT2D eigenvalue weighted by atomic mass is 10.2. The van der Waals surface area contributed by atoms with Gasteiger partial charge in [-0.1, -0.05) is 60.7 Å². The number of hydrogen-bond donors (Lipinski definition) is 2. The van der Waals surface area contributed by atoms with Crippen molar-refractivity contribution in [2.45, 2.75) is 39.4 Å². The van der Waals surface area contributed by atoms with E-state index >= 15 is 0 Å². The minimum Gasteiger partial charge on any atom is -0.379 e. The Balaban J connectivity index is 2.13. The molecule has 0 fully saturated rings. The second kappa shape index (κ2) is 8.79. The normalized spacial score (nSPS) is 14.2. The van der Waals surface area contributed by atoms with Gasteiger partial charge in [0.15, 0.2) is 0 Å². The van der Waals surface area contributed by atoms with Crippen molar-refractivity contribution in [2.24, 2.45) is 0 Å². The molecular formula is C19H26N2O2. The van der Waals surface area contributed by atoms with Gasteiger partial charge >= 0.3 is 0 Å². The average molecular weight is 314 g/mol. The Morgan fingerprint density at radius 3 is 1.48 bits per heavy atom. The van der Waals surface area contributed by atoms with Crippen LogP contribution in [-0.2, 0) is 13.1 Å². The predicted molar refractivity (Wildman–Crippen MR) is 92.2 cm³/mol. The van der Waals surface area contributed by atoms with E-state index in [9.17, 15) is 10.2 Å². The third-order valence-electron chi connectivity index (χ3n) is 3.82. The van der Waals surface area contributed by atoms with Gasteiger partial charge in [0.05, 0.1) is 6.67 Å². The zero-order chi connectivity index (χ0) is 16.7. The fourth-order valence-electron chi connectivity index (χ4n) is 2.62. The molecule has 2 rings (SSSR count). The van der Waals surface area contributed by atoms with E-state index in [1.807, 2.05) is 36.4 Å². The largest absolute Gasteiger partial charge is 0.379 e. The Hall–Kier alpha value is -1.72. The van der Waals surface area contributed by atoms with E-state index < -0.39 is 12.5 Å². The van der Waals surface area contributed by atoms with Crippen LogP contribution in [0.15, 0.2) is 60.7 Å². The van der Waals surface area contributed by atoms with Gasteiger partial charge in [0.1, 0.15) is 12.5 Å². The van der Waals surface area contributed by atoms with Gasteiger partial charge in [0, 0.05) is 13.1 Å². The molecule has 0 spiro atoms. The maximum Gasteiger partial charge on any atom is 0.107 e. The molecule has 0 aliphatic carbocycles. The van der Waals surface area contributed by atoms with Crippen molar-refractivity contribution >= 4 is 0 Å². The highest BCUT2D eigenvalue weighted by atomic mass is 16.3. The summed E-state index contributed by atoms with van der Waals surface area (Å²) in [6, 6.07) is 20.5. The van der Waals surface area contributed by atoms with Gasteiger partial charge in [-0.05, 0) is 25.0 Å². The average Bonchev–Trinajstić information content (AvgIpc) is 2.53. The summed E-state index contributed by atoms with van der Waals surface area (Å²) in [6.07, 6.45) is -1.41. The lowest BCUT2D eigenvalue weighted by molar-refractivity contribution is -0.111. The molecule has 0 aliphatic rings. The quantitative estimate of drug-likeness (QED) is 0.735. The third-order valence-corrected chi connectivity index (χ3v) is 3.82. The number of rotatable bonds is 8. The molecule has 4 heteroatoms. The first-order valence-corrected chi connectivity index (χ1v) is 7.98. The Morgan fingerprint density at radius 1 is 0.739 bits per heavy atom. The van der Waals surface area contributed by atoms with Crippen molar-refractivity contribution in [3.05, 3.63) is 71.8 Å². The highest BCUT2D eigenvalue weighted by Gasteiger charge is 2.20. The van der Waals surface area contributed by atoms with E-state index in [1.165, 1.54) is 11.1 Å². The molecular weight excluding hydrogens is 288 g/mol. The molecule has 0 saturated carbocycles. The van der Waals surface area contributed by atoms with E-state index in [1.54, 1.807) is 18.7 Å². The number of aliphatic hydroxyl groups excluding tert-OH is 2. The molecule has 2 N–H and O–H groups in total. The van der Waals surface area contributed by atoms with Crippen molar-refractivity contribution in [2.75, 3.05) is 6.67 Å². The predicted octanol–water partition coefficient (Wildman–Crippen LogP) is 2.62. The van der Waals surface area contributed by atoms with Crippen LogP contribution >= 0.6 is 0 Å². The number of benzene rings is 2. The first-order valence-electron chi connectivity index (χ1n) is 7.98. The van der Waals surface area contributed by atoms with Crippen molar-refractivity contribution in [3.63, 3.8) is 0 Å². The fourth-order valence-corrected chi connectivity index (χ4v) is 2.62. The molecule has 23 heavy (non-hydrogen) atoms. The molecule has 2 atom stereocenters. The first kappa shape index (κ1) is 17.6. The summed E-state index contributed by atoms with van der Waals surface area (Å²) in [5.41, 5.74) is 2.42. The van der Waals surface area contributed by atoms with Gasteiger partial charge in [0.25, 0.3) is 0 Å². The van der Waals surface area contributed by atoms with Crippen LogP contribution in [0.25, 0.3) is 0 Å². The van der Waals surface area contributed by atoms with Crippen LogP contribution in [0.2, 0.25) is 0 Å². The minimum atomic E-state index is -0.705. The van der Waals surface area contributed by atoms with Crippen LogP contribution in [0.3, 0.4) is 0 Å². The standard InChI is InChI=1S/C19H26N2O2/c1-16(22)21(17(2)23)15-20(13-18-9-5-3-6-10-18)14-19-11-7-4-8-12-19/h3-12,16-17,22-23H,13-15H2,1-2H3. The number of nitrogens with zero attached hydrogens (tertiary/aromatic N) is 2. The van der Waals surface area contributed by atoms with Crippen molar-refractivity contribution in [1.82, 2.24) is 9.80 Å². The second-order valence-electron chi connectivity index (χ2n) is 5.88. The monoisotopic (exact) mass is 314 g/mol. The summed E-state index contributed by atoms with van der Waals surface area (Å²) >= 11 is 0. The van der Waals surface area contributed by atoms with Crippen LogP contribution in [0.4, 0.5) is 0 Å². The molecule has 0 heterocycles. The van der Waals surface area contributed by atoms with Gasteiger partial charge in [0.2, 0.25) is 0 Å². The van der Waals surface area contributed by atoms with E-state index in [0.717, 1.165) is 13.1 Å². The number of hydrogen-bond acceptors (Lipinski definition) is 4. The molecule has 0 saturated heterocycles. The highest BCUT2D eigenvalue weighted by Crippen LogP contribution is 2.13. The Morgan fingerprint density at radius 2 is 1.13 bits per heavy atom. The maximum atomic E-state index is 9.90. The summed E-state index contributed by atoms with van der Waals surface area (Å²) in [5, 5.41) is 19.8. The maximum absolute atomic E-state index is 9.90. The van der Waals surface area contributed by atoms with Crippen LogP contribution in [-0.4, -0.2) is 39.1 Å². The zero-order valence-electron chi connectivity index (χ0n) is 13.8.